The zero-order valence-electron chi connectivity index (χ0n) is 13.6. The van der Waals surface area contributed by atoms with Crippen molar-refractivity contribution in [3.8, 4) is 0 Å². The van der Waals surface area contributed by atoms with Crippen LogP contribution in [-0.4, -0.2) is 31.6 Å². The van der Waals surface area contributed by atoms with Gasteiger partial charge in [-0.1, -0.05) is 17.3 Å². The third-order valence-corrected chi connectivity index (χ3v) is 4.28. The number of aromatic nitrogens is 4. The van der Waals surface area contributed by atoms with Gasteiger partial charge in [0.25, 0.3) is 0 Å². The van der Waals surface area contributed by atoms with Crippen molar-refractivity contribution in [2.45, 2.75) is 45.3 Å². The molecule has 1 saturated carbocycles. The monoisotopic (exact) mass is 311 g/mol. The van der Waals surface area contributed by atoms with Crippen molar-refractivity contribution in [1.82, 2.24) is 24.6 Å². The van der Waals surface area contributed by atoms with E-state index >= 15 is 0 Å². The lowest BCUT2D eigenvalue weighted by Gasteiger charge is -2.15. The Morgan fingerprint density at radius 2 is 2.04 bits per heavy atom. The summed E-state index contributed by atoms with van der Waals surface area (Å²) in [6.45, 7) is 4.50. The Hall–Kier alpha value is -2.21. The molecule has 23 heavy (non-hydrogen) atoms. The zero-order chi connectivity index (χ0) is 15.8. The molecule has 0 N–H and O–H groups in total. The standard InChI is InChI=1S/C17H21N5O/c1-3-22-14-7-5-4-6-13(14)18-16(22)11-21(2)10-15-19-17(23-20-15)12-8-9-12/h4-7,12H,3,8-11H2,1-2H3. The number of hydrogen-bond donors (Lipinski definition) is 0. The maximum atomic E-state index is 5.32. The molecular weight excluding hydrogens is 290 g/mol. The van der Waals surface area contributed by atoms with Crippen LogP contribution in [0.4, 0.5) is 0 Å². The number of rotatable bonds is 6. The van der Waals surface area contributed by atoms with Crippen LogP contribution < -0.4 is 0 Å². The Kier molecular flexibility index (Phi) is 3.61. The van der Waals surface area contributed by atoms with Crippen molar-refractivity contribution in [2.75, 3.05) is 7.05 Å². The molecule has 0 radical (unpaired) electrons. The van der Waals surface area contributed by atoms with E-state index in [-0.39, 0.29) is 0 Å². The number of fused-ring (bicyclic) bond motifs is 1. The zero-order valence-corrected chi connectivity index (χ0v) is 13.6. The highest BCUT2D eigenvalue weighted by Crippen LogP contribution is 2.38. The number of nitrogens with zero attached hydrogens (tertiary/aromatic N) is 5. The fourth-order valence-electron chi connectivity index (χ4n) is 2.97. The minimum absolute atomic E-state index is 0.505. The summed E-state index contributed by atoms with van der Waals surface area (Å²) in [7, 11) is 2.06. The van der Waals surface area contributed by atoms with Crippen molar-refractivity contribution in [3.05, 3.63) is 41.8 Å². The fourth-order valence-corrected chi connectivity index (χ4v) is 2.97. The second-order valence-corrected chi connectivity index (χ2v) is 6.26. The smallest absolute Gasteiger partial charge is 0.229 e. The van der Waals surface area contributed by atoms with Crippen LogP contribution in [0.1, 0.15) is 43.2 Å². The Labute approximate surface area is 135 Å². The maximum absolute atomic E-state index is 5.32. The van der Waals surface area contributed by atoms with Crippen LogP contribution in [0, 0.1) is 0 Å². The first-order valence-electron chi connectivity index (χ1n) is 8.19. The van der Waals surface area contributed by atoms with E-state index in [1.807, 2.05) is 6.07 Å². The summed E-state index contributed by atoms with van der Waals surface area (Å²) in [5.41, 5.74) is 2.24. The van der Waals surface area contributed by atoms with E-state index in [0.29, 0.717) is 12.5 Å². The fraction of sp³-hybridized carbons (Fsp3) is 0.471. The number of hydrogen-bond acceptors (Lipinski definition) is 5. The molecule has 2 aromatic heterocycles. The predicted molar refractivity (Wildman–Crippen MR) is 86.9 cm³/mol. The van der Waals surface area contributed by atoms with Crippen molar-refractivity contribution < 1.29 is 4.52 Å². The highest BCUT2D eigenvalue weighted by atomic mass is 16.5. The third-order valence-electron chi connectivity index (χ3n) is 4.28. The topological polar surface area (TPSA) is 60.0 Å². The Balaban J connectivity index is 1.50. The van der Waals surface area contributed by atoms with Crippen LogP contribution >= 0.6 is 0 Å². The molecule has 6 nitrogen and oxygen atoms in total. The summed E-state index contributed by atoms with van der Waals surface area (Å²) in [6.07, 6.45) is 2.36. The van der Waals surface area contributed by atoms with E-state index < -0.39 is 0 Å². The van der Waals surface area contributed by atoms with Crippen LogP contribution in [0.15, 0.2) is 28.8 Å². The SMILES string of the molecule is CCn1c(CN(C)Cc2noc(C3CC3)n2)nc2ccccc21. The molecule has 120 valence electrons. The minimum atomic E-state index is 0.505. The van der Waals surface area contributed by atoms with E-state index in [1.165, 1.54) is 18.4 Å². The van der Waals surface area contributed by atoms with E-state index in [4.69, 9.17) is 9.51 Å². The summed E-state index contributed by atoms with van der Waals surface area (Å²) >= 11 is 0. The molecule has 1 fully saturated rings. The lowest BCUT2D eigenvalue weighted by Crippen LogP contribution is -2.20. The Morgan fingerprint density at radius 1 is 1.22 bits per heavy atom. The van der Waals surface area contributed by atoms with E-state index in [9.17, 15) is 0 Å². The van der Waals surface area contributed by atoms with Crippen LogP contribution in [-0.2, 0) is 19.6 Å². The second-order valence-electron chi connectivity index (χ2n) is 6.26. The van der Waals surface area contributed by atoms with Crippen molar-refractivity contribution in [3.63, 3.8) is 0 Å². The first-order chi connectivity index (χ1) is 11.2. The third kappa shape index (κ3) is 2.86. The molecule has 6 heteroatoms. The molecule has 4 rings (SSSR count). The van der Waals surface area contributed by atoms with Gasteiger partial charge < -0.3 is 9.09 Å². The van der Waals surface area contributed by atoms with Crippen LogP contribution in [0.3, 0.4) is 0 Å². The Bertz CT molecular complexity index is 817. The van der Waals surface area contributed by atoms with E-state index in [1.54, 1.807) is 0 Å². The van der Waals surface area contributed by atoms with Gasteiger partial charge in [-0.3, -0.25) is 4.90 Å². The molecule has 0 atom stereocenters. The summed E-state index contributed by atoms with van der Waals surface area (Å²) < 4.78 is 7.59. The van der Waals surface area contributed by atoms with Gasteiger partial charge in [-0.25, -0.2) is 4.98 Å². The lowest BCUT2D eigenvalue weighted by molar-refractivity contribution is 0.289. The normalized spacial score (nSPS) is 14.9. The molecule has 2 heterocycles. The molecule has 0 bridgehead atoms. The average Bonchev–Trinajstić information content (AvgIpc) is 3.19. The molecule has 1 aliphatic rings. The number of benzene rings is 1. The number of imidazole rings is 1. The van der Waals surface area contributed by atoms with Crippen LogP contribution in [0.25, 0.3) is 11.0 Å². The summed E-state index contributed by atoms with van der Waals surface area (Å²) in [5, 5.41) is 4.09. The maximum Gasteiger partial charge on any atom is 0.229 e. The number of aryl methyl sites for hydroxylation is 1. The summed E-state index contributed by atoms with van der Waals surface area (Å²) in [5.74, 6) is 3.13. The predicted octanol–water partition coefficient (Wildman–Crippen LogP) is 2.95. The van der Waals surface area contributed by atoms with Gasteiger partial charge in [-0.2, -0.15) is 4.98 Å². The van der Waals surface area contributed by atoms with Gasteiger partial charge in [0.05, 0.1) is 24.1 Å². The minimum Gasteiger partial charge on any atom is -0.339 e. The average molecular weight is 311 g/mol. The van der Waals surface area contributed by atoms with Gasteiger partial charge in [0.1, 0.15) is 5.82 Å². The van der Waals surface area contributed by atoms with Crippen molar-refractivity contribution in [2.24, 2.45) is 0 Å². The molecule has 0 unspecified atom stereocenters. The van der Waals surface area contributed by atoms with Crippen molar-refractivity contribution >= 4 is 11.0 Å². The van der Waals surface area contributed by atoms with Crippen LogP contribution in [0.5, 0.6) is 0 Å². The largest absolute Gasteiger partial charge is 0.339 e. The lowest BCUT2D eigenvalue weighted by atomic mass is 10.3. The van der Waals surface area contributed by atoms with E-state index in [2.05, 4.69) is 51.8 Å². The van der Waals surface area contributed by atoms with Gasteiger partial charge in [0, 0.05) is 12.5 Å². The van der Waals surface area contributed by atoms with E-state index in [0.717, 1.165) is 36.1 Å². The molecule has 3 aromatic rings. The molecule has 0 aliphatic heterocycles. The summed E-state index contributed by atoms with van der Waals surface area (Å²) in [6, 6.07) is 8.27. The Morgan fingerprint density at radius 3 is 2.83 bits per heavy atom. The highest BCUT2D eigenvalue weighted by molar-refractivity contribution is 5.75. The highest BCUT2D eigenvalue weighted by Gasteiger charge is 2.29. The molecule has 0 spiro atoms. The van der Waals surface area contributed by atoms with Gasteiger partial charge >= 0.3 is 0 Å². The quantitative estimate of drug-likeness (QED) is 0.700. The van der Waals surface area contributed by atoms with Gasteiger partial charge in [-0.05, 0) is 38.9 Å². The molecule has 0 saturated heterocycles. The summed E-state index contributed by atoms with van der Waals surface area (Å²) in [4.78, 5) is 11.4. The number of para-hydroxylation sites is 2. The molecule has 1 aliphatic carbocycles. The first kappa shape index (κ1) is 14.4. The van der Waals surface area contributed by atoms with Gasteiger partial charge in [0.2, 0.25) is 5.89 Å². The molecule has 1 aromatic carbocycles. The van der Waals surface area contributed by atoms with Gasteiger partial charge in [0.15, 0.2) is 5.82 Å². The van der Waals surface area contributed by atoms with Crippen molar-refractivity contribution in [1.29, 1.82) is 0 Å². The molecular formula is C17H21N5O. The van der Waals surface area contributed by atoms with Crippen LogP contribution in [0.2, 0.25) is 0 Å². The molecule has 0 amide bonds. The second kappa shape index (κ2) is 5.77. The first-order valence-corrected chi connectivity index (χ1v) is 8.19. The van der Waals surface area contributed by atoms with Gasteiger partial charge in [-0.15, -0.1) is 0 Å².